The van der Waals surface area contributed by atoms with Gasteiger partial charge in [0.15, 0.2) is 11.6 Å². The molecule has 0 aliphatic rings. The second-order valence-corrected chi connectivity index (χ2v) is 7.23. The van der Waals surface area contributed by atoms with Gasteiger partial charge in [0.1, 0.15) is 16.1 Å². The van der Waals surface area contributed by atoms with E-state index in [9.17, 15) is 8.94 Å². The number of ether oxygens (including phenoxy) is 1. The molecular weight excluding hydrogens is 289 g/mol. The summed E-state index contributed by atoms with van der Waals surface area (Å²) in [5.41, 5.74) is 0. The Morgan fingerprint density at radius 1 is 1.47 bits per heavy atom. The molecule has 3 nitrogen and oxygen atoms in total. The van der Waals surface area contributed by atoms with E-state index in [1.807, 2.05) is 20.8 Å². The van der Waals surface area contributed by atoms with Gasteiger partial charge in [0, 0.05) is 11.4 Å². The Hall–Kier alpha value is -0.780. The second-order valence-electron chi connectivity index (χ2n) is 4.86. The van der Waals surface area contributed by atoms with Crippen molar-refractivity contribution in [1.82, 2.24) is 0 Å². The topological polar surface area (TPSA) is 44.7 Å². The number of rotatable bonds is 5. The molecule has 0 heterocycles. The Morgan fingerprint density at radius 2 is 2.16 bits per heavy atom. The molecule has 0 saturated heterocycles. The lowest BCUT2D eigenvalue weighted by molar-refractivity contribution is 0.313. The van der Waals surface area contributed by atoms with Gasteiger partial charge in [-0.15, -0.1) is 0 Å². The fourth-order valence-corrected chi connectivity index (χ4v) is 1.81. The molecular formula is C13H17ClFNO2S. The zero-order valence-electron chi connectivity index (χ0n) is 11.2. The van der Waals surface area contributed by atoms with Crippen LogP contribution in [0.15, 0.2) is 22.6 Å². The van der Waals surface area contributed by atoms with E-state index < -0.39 is 17.2 Å². The van der Waals surface area contributed by atoms with Gasteiger partial charge in [-0.2, -0.15) is 0 Å². The molecule has 0 N–H and O–H groups in total. The highest BCUT2D eigenvalue weighted by Gasteiger charge is 2.25. The maximum atomic E-state index is 13.4. The van der Waals surface area contributed by atoms with Gasteiger partial charge in [-0.1, -0.05) is 16.0 Å². The molecule has 106 valence electrons. The van der Waals surface area contributed by atoms with Crippen LogP contribution in [0, 0.1) is 5.82 Å². The summed E-state index contributed by atoms with van der Waals surface area (Å²) < 4.78 is 33.7. The Bertz CT molecular complexity index is 449. The third kappa shape index (κ3) is 5.80. The Labute approximate surface area is 121 Å². The number of hydrogen-bond acceptors (Lipinski definition) is 3. The van der Waals surface area contributed by atoms with Crippen LogP contribution in [-0.4, -0.2) is 22.1 Å². The largest absolute Gasteiger partial charge is 0.591 e. The molecule has 0 bridgehead atoms. The van der Waals surface area contributed by atoms with E-state index in [-0.39, 0.29) is 17.1 Å². The van der Waals surface area contributed by atoms with Crippen LogP contribution < -0.4 is 4.74 Å². The second kappa shape index (κ2) is 7.12. The zero-order valence-corrected chi connectivity index (χ0v) is 12.7. The minimum absolute atomic E-state index is 0.148. The summed E-state index contributed by atoms with van der Waals surface area (Å²) in [4.78, 5) is 0. The predicted molar refractivity (Wildman–Crippen MR) is 77.9 cm³/mol. The minimum Gasteiger partial charge on any atom is -0.591 e. The van der Waals surface area contributed by atoms with Crippen LogP contribution in [0.25, 0.3) is 0 Å². The number of halogens is 2. The van der Waals surface area contributed by atoms with Crippen molar-refractivity contribution >= 4 is 29.2 Å². The summed E-state index contributed by atoms with van der Waals surface area (Å²) in [6.07, 6.45) is 2.00. The predicted octanol–water partition coefficient (Wildman–Crippen LogP) is 3.78. The molecule has 0 amide bonds. The van der Waals surface area contributed by atoms with Crippen molar-refractivity contribution in [3.8, 4) is 5.75 Å². The lowest BCUT2D eigenvalue weighted by Gasteiger charge is -2.17. The third-order valence-electron chi connectivity index (χ3n) is 2.09. The van der Waals surface area contributed by atoms with E-state index in [4.69, 9.17) is 16.3 Å². The van der Waals surface area contributed by atoms with E-state index in [0.29, 0.717) is 11.4 Å². The van der Waals surface area contributed by atoms with Crippen molar-refractivity contribution < 1.29 is 13.7 Å². The van der Waals surface area contributed by atoms with Gasteiger partial charge < -0.3 is 9.29 Å². The first-order chi connectivity index (χ1) is 8.80. The van der Waals surface area contributed by atoms with Crippen molar-refractivity contribution in [2.75, 3.05) is 6.61 Å². The maximum Gasteiger partial charge on any atom is 0.166 e. The maximum absolute atomic E-state index is 13.4. The summed E-state index contributed by atoms with van der Waals surface area (Å²) in [5.74, 6) is -0.350. The van der Waals surface area contributed by atoms with Crippen molar-refractivity contribution in [2.45, 2.75) is 31.9 Å². The molecule has 0 saturated carbocycles. The highest BCUT2D eigenvalue weighted by molar-refractivity contribution is 7.91. The molecule has 1 aromatic carbocycles. The molecule has 0 fully saturated rings. The standard InChI is InChI=1S/C13H17ClFNO2S/c1-13(2,3)19(17)16-7-4-8-18-12-6-5-10(14)9-11(12)15/h5-7,9H,4,8H2,1-3H3/t19-/m0/s1. The van der Waals surface area contributed by atoms with Crippen LogP contribution in [0.1, 0.15) is 27.2 Å². The molecule has 0 aliphatic heterocycles. The third-order valence-corrected chi connectivity index (χ3v) is 3.72. The van der Waals surface area contributed by atoms with Crippen molar-refractivity contribution in [1.29, 1.82) is 0 Å². The van der Waals surface area contributed by atoms with Gasteiger partial charge in [0.25, 0.3) is 0 Å². The average Bonchev–Trinajstić information content (AvgIpc) is 2.29. The number of benzene rings is 1. The molecule has 19 heavy (non-hydrogen) atoms. The van der Waals surface area contributed by atoms with Gasteiger partial charge in [-0.3, -0.25) is 0 Å². The van der Waals surface area contributed by atoms with E-state index in [1.54, 1.807) is 6.07 Å². The minimum atomic E-state index is -1.27. The summed E-state index contributed by atoms with van der Waals surface area (Å²) in [6.45, 7) is 5.81. The summed E-state index contributed by atoms with van der Waals surface area (Å²) in [7, 11) is 0. The summed E-state index contributed by atoms with van der Waals surface area (Å²) in [5, 5.41) is 0.326. The van der Waals surface area contributed by atoms with E-state index in [2.05, 4.69) is 4.40 Å². The quantitative estimate of drug-likeness (QED) is 0.472. The van der Waals surface area contributed by atoms with Gasteiger partial charge in [0.05, 0.1) is 12.8 Å². The zero-order chi connectivity index (χ0) is 14.5. The van der Waals surface area contributed by atoms with Crippen molar-refractivity contribution in [3.63, 3.8) is 0 Å². The Kier molecular flexibility index (Phi) is 6.10. The lowest BCUT2D eigenvalue weighted by Crippen LogP contribution is -2.25. The van der Waals surface area contributed by atoms with Gasteiger partial charge >= 0.3 is 0 Å². The molecule has 1 rings (SSSR count). The molecule has 0 aliphatic carbocycles. The number of nitrogens with zero attached hydrogens (tertiary/aromatic N) is 1. The molecule has 0 radical (unpaired) electrons. The Morgan fingerprint density at radius 3 is 2.74 bits per heavy atom. The van der Waals surface area contributed by atoms with E-state index in [0.717, 1.165) is 0 Å². The van der Waals surface area contributed by atoms with E-state index >= 15 is 0 Å². The lowest BCUT2D eigenvalue weighted by atomic mass is 10.3. The molecule has 1 atom stereocenters. The van der Waals surface area contributed by atoms with Crippen LogP contribution in [0.5, 0.6) is 5.75 Å². The summed E-state index contributed by atoms with van der Waals surface area (Å²) in [6, 6.07) is 4.23. The van der Waals surface area contributed by atoms with Crippen LogP contribution in [0.3, 0.4) is 0 Å². The van der Waals surface area contributed by atoms with Gasteiger partial charge in [-0.05, 0) is 39.0 Å². The average molecular weight is 306 g/mol. The molecule has 0 aromatic heterocycles. The first-order valence-electron chi connectivity index (χ1n) is 5.83. The molecule has 1 aromatic rings. The van der Waals surface area contributed by atoms with Crippen molar-refractivity contribution in [3.05, 3.63) is 29.0 Å². The Balaban J connectivity index is 2.37. The van der Waals surface area contributed by atoms with Gasteiger partial charge in [0.2, 0.25) is 0 Å². The highest BCUT2D eigenvalue weighted by atomic mass is 35.5. The van der Waals surface area contributed by atoms with Crippen LogP contribution >= 0.6 is 11.6 Å². The fraction of sp³-hybridized carbons (Fsp3) is 0.462. The van der Waals surface area contributed by atoms with Crippen LogP contribution in [0.2, 0.25) is 5.02 Å². The molecule has 0 spiro atoms. The highest BCUT2D eigenvalue weighted by Crippen LogP contribution is 2.21. The van der Waals surface area contributed by atoms with Crippen LogP contribution in [0.4, 0.5) is 4.39 Å². The SMILES string of the molecule is CC(C)(C)[S@+]([O-])N=CCCOc1ccc(Cl)cc1F. The smallest absolute Gasteiger partial charge is 0.166 e. The number of hydrogen-bond donors (Lipinski definition) is 0. The van der Waals surface area contributed by atoms with Crippen molar-refractivity contribution in [2.24, 2.45) is 4.40 Å². The monoisotopic (exact) mass is 305 g/mol. The first-order valence-corrected chi connectivity index (χ1v) is 7.31. The fourth-order valence-electron chi connectivity index (χ4n) is 1.09. The molecule has 6 heteroatoms. The van der Waals surface area contributed by atoms with E-state index in [1.165, 1.54) is 18.3 Å². The van der Waals surface area contributed by atoms with Crippen LogP contribution in [-0.2, 0) is 11.4 Å². The normalized spacial score (nSPS) is 13.8. The van der Waals surface area contributed by atoms with Gasteiger partial charge in [-0.25, -0.2) is 4.39 Å². The molecule has 0 unspecified atom stereocenters. The summed E-state index contributed by atoms with van der Waals surface area (Å²) >= 11 is 4.36. The first kappa shape index (κ1) is 16.3.